The molecule has 6 heteroatoms. The molecule has 31 heavy (non-hydrogen) atoms. The van der Waals surface area contributed by atoms with Crippen LogP contribution in [0.1, 0.15) is 24.1 Å². The molecule has 1 aliphatic rings. The molecule has 3 aromatic rings. The molecule has 1 saturated heterocycles. The van der Waals surface area contributed by atoms with E-state index in [-0.39, 0.29) is 11.3 Å². The summed E-state index contributed by atoms with van der Waals surface area (Å²) < 4.78 is 19.0. The number of aliphatic hydroxyl groups is 1. The zero-order valence-electron chi connectivity index (χ0n) is 16.8. The van der Waals surface area contributed by atoms with E-state index in [0.29, 0.717) is 29.2 Å². The van der Waals surface area contributed by atoms with Gasteiger partial charge in [0.2, 0.25) is 0 Å². The fourth-order valence-electron chi connectivity index (χ4n) is 3.71. The first-order valence-corrected chi connectivity index (χ1v) is 9.86. The molecule has 0 spiro atoms. The molecule has 1 aliphatic heterocycles. The number of aliphatic hydroxyl groups excluding tert-OH is 1. The summed E-state index contributed by atoms with van der Waals surface area (Å²) in [6.07, 6.45) is 0. The molecule has 5 nitrogen and oxygen atoms in total. The van der Waals surface area contributed by atoms with Gasteiger partial charge in [0.1, 0.15) is 17.3 Å². The molecule has 1 atom stereocenters. The molecular formula is C25H20FNO4. The van der Waals surface area contributed by atoms with Crippen LogP contribution in [0.5, 0.6) is 5.75 Å². The number of anilines is 1. The molecule has 0 aliphatic carbocycles. The number of ketones is 1. The molecule has 1 N–H and O–H groups in total. The van der Waals surface area contributed by atoms with E-state index >= 15 is 0 Å². The third kappa shape index (κ3) is 3.80. The highest BCUT2D eigenvalue weighted by Gasteiger charge is 2.46. The number of carbonyl (C=O) groups excluding carboxylic acids is 2. The monoisotopic (exact) mass is 417 g/mol. The van der Waals surface area contributed by atoms with E-state index in [0.717, 1.165) is 0 Å². The van der Waals surface area contributed by atoms with Crippen molar-refractivity contribution in [2.45, 2.75) is 13.0 Å². The number of hydrogen-bond donors (Lipinski definition) is 1. The van der Waals surface area contributed by atoms with Gasteiger partial charge in [0, 0.05) is 11.3 Å². The van der Waals surface area contributed by atoms with Crippen molar-refractivity contribution in [3.05, 3.63) is 101 Å². The second-order valence-electron chi connectivity index (χ2n) is 7.02. The highest BCUT2D eigenvalue weighted by atomic mass is 19.1. The van der Waals surface area contributed by atoms with Crippen LogP contribution in [0.2, 0.25) is 0 Å². The van der Waals surface area contributed by atoms with Crippen molar-refractivity contribution >= 4 is 23.1 Å². The lowest BCUT2D eigenvalue weighted by atomic mass is 9.95. The predicted octanol–water partition coefficient (Wildman–Crippen LogP) is 4.85. The average molecular weight is 417 g/mol. The topological polar surface area (TPSA) is 66.8 Å². The van der Waals surface area contributed by atoms with Gasteiger partial charge in [-0.05, 0) is 48.9 Å². The van der Waals surface area contributed by atoms with Gasteiger partial charge in [-0.1, -0.05) is 42.5 Å². The second kappa shape index (κ2) is 8.44. The number of amides is 1. The molecule has 1 heterocycles. The molecule has 4 rings (SSSR count). The van der Waals surface area contributed by atoms with Gasteiger partial charge in [-0.3, -0.25) is 14.5 Å². The zero-order valence-corrected chi connectivity index (χ0v) is 16.8. The standard InChI is InChI=1S/C25H20FNO4/c1-2-31-20-10-6-9-17(15-20)23(28)21-22(16-7-4-3-5-8-16)27(25(30)24(21)29)19-13-11-18(26)12-14-19/h3-15,22,28H,2H2,1H3/b23-21-. The van der Waals surface area contributed by atoms with Gasteiger partial charge in [0.15, 0.2) is 0 Å². The SMILES string of the molecule is CCOc1cccc(/C(O)=C2/C(=O)C(=O)N(c3ccc(F)cc3)C2c2ccccc2)c1. The number of nitrogens with zero attached hydrogens (tertiary/aromatic N) is 1. The van der Waals surface area contributed by atoms with Crippen molar-refractivity contribution in [2.24, 2.45) is 0 Å². The van der Waals surface area contributed by atoms with Crippen molar-refractivity contribution in [1.82, 2.24) is 0 Å². The van der Waals surface area contributed by atoms with Gasteiger partial charge < -0.3 is 9.84 Å². The van der Waals surface area contributed by atoms with Crippen molar-refractivity contribution in [1.29, 1.82) is 0 Å². The Bertz CT molecular complexity index is 1160. The van der Waals surface area contributed by atoms with Gasteiger partial charge >= 0.3 is 0 Å². The minimum atomic E-state index is -0.859. The Balaban J connectivity index is 1.90. The lowest BCUT2D eigenvalue weighted by molar-refractivity contribution is -0.132. The van der Waals surface area contributed by atoms with Crippen LogP contribution in [0.4, 0.5) is 10.1 Å². The van der Waals surface area contributed by atoms with Crippen molar-refractivity contribution in [2.75, 3.05) is 11.5 Å². The Morgan fingerprint density at radius 3 is 2.39 bits per heavy atom. The molecule has 1 fully saturated rings. The van der Waals surface area contributed by atoms with Crippen LogP contribution in [0.15, 0.2) is 84.4 Å². The summed E-state index contributed by atoms with van der Waals surface area (Å²) in [5, 5.41) is 11.1. The number of carbonyl (C=O) groups is 2. The Morgan fingerprint density at radius 2 is 1.71 bits per heavy atom. The second-order valence-corrected chi connectivity index (χ2v) is 7.02. The van der Waals surface area contributed by atoms with E-state index in [9.17, 15) is 19.1 Å². The van der Waals surface area contributed by atoms with Gasteiger partial charge in [-0.2, -0.15) is 0 Å². The molecule has 0 aromatic heterocycles. The molecule has 3 aromatic carbocycles. The van der Waals surface area contributed by atoms with E-state index in [1.54, 1.807) is 48.5 Å². The van der Waals surface area contributed by atoms with Crippen LogP contribution in [-0.4, -0.2) is 23.4 Å². The van der Waals surface area contributed by atoms with Crippen LogP contribution in [0.25, 0.3) is 5.76 Å². The molecule has 156 valence electrons. The van der Waals surface area contributed by atoms with E-state index in [2.05, 4.69) is 0 Å². The fourth-order valence-corrected chi connectivity index (χ4v) is 3.71. The highest BCUT2D eigenvalue weighted by Crippen LogP contribution is 2.42. The molecule has 0 bridgehead atoms. The molecule has 0 saturated carbocycles. The minimum Gasteiger partial charge on any atom is -0.507 e. The first-order valence-electron chi connectivity index (χ1n) is 9.86. The maximum absolute atomic E-state index is 13.5. The van der Waals surface area contributed by atoms with Crippen LogP contribution in [-0.2, 0) is 9.59 Å². The van der Waals surface area contributed by atoms with Gasteiger partial charge in [0.05, 0.1) is 18.2 Å². The first-order chi connectivity index (χ1) is 15.0. The number of ether oxygens (including phenoxy) is 1. The van der Waals surface area contributed by atoms with Crippen molar-refractivity contribution in [3.63, 3.8) is 0 Å². The third-order valence-electron chi connectivity index (χ3n) is 5.08. The van der Waals surface area contributed by atoms with Gasteiger partial charge in [-0.25, -0.2) is 4.39 Å². The zero-order chi connectivity index (χ0) is 22.0. The quantitative estimate of drug-likeness (QED) is 0.366. The van der Waals surface area contributed by atoms with Gasteiger partial charge in [0.25, 0.3) is 11.7 Å². The van der Waals surface area contributed by atoms with E-state index < -0.39 is 23.5 Å². The van der Waals surface area contributed by atoms with E-state index in [1.165, 1.54) is 29.2 Å². The fraction of sp³-hybridized carbons (Fsp3) is 0.120. The summed E-state index contributed by atoms with van der Waals surface area (Å²) in [5.74, 6) is -1.81. The Kier molecular flexibility index (Phi) is 5.54. The molecular weight excluding hydrogens is 397 g/mol. The Hall–Kier alpha value is -3.93. The molecule has 1 amide bonds. The predicted molar refractivity (Wildman–Crippen MR) is 115 cm³/mol. The average Bonchev–Trinajstić information content (AvgIpc) is 3.05. The number of rotatable bonds is 5. The first kappa shape index (κ1) is 20.3. The lowest BCUT2D eigenvalue weighted by Crippen LogP contribution is -2.29. The summed E-state index contributed by atoms with van der Waals surface area (Å²) in [4.78, 5) is 27.3. The maximum Gasteiger partial charge on any atom is 0.300 e. The number of halogens is 1. The highest BCUT2D eigenvalue weighted by molar-refractivity contribution is 6.51. The van der Waals surface area contributed by atoms with Crippen LogP contribution >= 0.6 is 0 Å². The van der Waals surface area contributed by atoms with E-state index in [4.69, 9.17) is 4.74 Å². The number of Topliss-reactive ketones (excluding diaryl/α,β-unsaturated/α-hetero) is 1. The smallest absolute Gasteiger partial charge is 0.300 e. The molecule has 0 radical (unpaired) electrons. The van der Waals surface area contributed by atoms with Crippen molar-refractivity contribution < 1.29 is 23.8 Å². The van der Waals surface area contributed by atoms with Crippen LogP contribution in [0.3, 0.4) is 0 Å². The third-order valence-corrected chi connectivity index (χ3v) is 5.08. The summed E-state index contributed by atoms with van der Waals surface area (Å²) in [7, 11) is 0. The van der Waals surface area contributed by atoms with Crippen molar-refractivity contribution in [3.8, 4) is 5.75 Å². The lowest BCUT2D eigenvalue weighted by Gasteiger charge is -2.25. The summed E-state index contributed by atoms with van der Waals surface area (Å²) in [5.41, 5.74) is 1.34. The normalized spacial score (nSPS) is 17.7. The Labute approximate surface area is 179 Å². The maximum atomic E-state index is 13.5. The number of benzene rings is 3. The largest absolute Gasteiger partial charge is 0.507 e. The minimum absolute atomic E-state index is 0.0332. The van der Waals surface area contributed by atoms with Crippen LogP contribution < -0.4 is 9.64 Å². The van der Waals surface area contributed by atoms with Gasteiger partial charge in [-0.15, -0.1) is 0 Å². The van der Waals surface area contributed by atoms with E-state index in [1.807, 2.05) is 13.0 Å². The summed E-state index contributed by atoms with van der Waals surface area (Å²) in [6, 6.07) is 20.1. The summed E-state index contributed by atoms with van der Waals surface area (Å²) in [6.45, 7) is 2.29. The molecule has 1 unspecified atom stereocenters. The van der Waals surface area contributed by atoms with Crippen LogP contribution in [0, 0.1) is 5.82 Å². The Morgan fingerprint density at radius 1 is 1.00 bits per heavy atom. The summed E-state index contributed by atoms with van der Waals surface area (Å²) >= 11 is 0. The number of hydrogen-bond acceptors (Lipinski definition) is 4.